The monoisotopic (exact) mass is 168 g/mol. The fourth-order valence-corrected chi connectivity index (χ4v) is 0.295. The molecule has 0 unspecified atom stereocenters. The molecule has 2 amide bonds. The Hall–Kier alpha value is -0.0236. The molecule has 0 saturated heterocycles. The van der Waals surface area contributed by atoms with Crippen molar-refractivity contribution in [2.24, 2.45) is 15.2 Å². The predicted molar refractivity (Wildman–Crippen MR) is 25.8 cm³/mol. The summed E-state index contributed by atoms with van der Waals surface area (Å²) in [6, 6.07) is -0.929. The zero-order chi connectivity index (χ0) is 6.85. The van der Waals surface area contributed by atoms with Crippen molar-refractivity contribution in [1.29, 1.82) is 0 Å². The fourth-order valence-electron chi connectivity index (χ4n) is 0.295. The maximum atomic E-state index is 10.0. The van der Waals surface area contributed by atoms with Crippen LogP contribution in [0.4, 0.5) is 4.79 Å². The Bertz CT molecular complexity index is 237. The van der Waals surface area contributed by atoms with Crippen LogP contribution in [0, 0.1) is 10.1 Å². The van der Waals surface area contributed by atoms with Gasteiger partial charge in [-0.1, -0.05) is 0 Å². The van der Waals surface area contributed by atoms with Crippen molar-refractivity contribution < 1.29 is 62.5 Å². The van der Waals surface area contributed by atoms with E-state index in [0.29, 0.717) is 0 Å². The molecule has 1 aliphatic heterocycles. The fraction of sp³-hybridized carbons (Fsp3) is 0. The van der Waals surface area contributed by atoms with E-state index in [4.69, 9.17) is 0 Å². The number of nitro groups is 1. The normalized spacial score (nSPS) is 14.4. The maximum Gasteiger partial charge on any atom is 1.00 e. The summed E-state index contributed by atoms with van der Waals surface area (Å²) >= 11 is 0. The van der Waals surface area contributed by atoms with E-state index in [2.05, 4.69) is 15.2 Å². The van der Waals surface area contributed by atoms with Gasteiger partial charge >= 0.3 is 63.4 Å². The van der Waals surface area contributed by atoms with E-state index < -0.39 is 16.9 Å². The summed E-state index contributed by atoms with van der Waals surface area (Å²) in [5.74, 6) is -0.750. The molecule has 0 atom stereocenters. The van der Waals surface area contributed by atoms with Crippen molar-refractivity contribution in [2.45, 2.75) is 0 Å². The predicted octanol–water partition coefficient (Wildman–Crippen LogP) is -2.68. The van der Waals surface area contributed by atoms with Crippen molar-refractivity contribution in [1.82, 2.24) is 0 Å². The number of hydrogen-bond donors (Lipinski definition) is 0. The number of rotatable bonds is 0. The second kappa shape index (κ2) is 3.98. The summed E-state index contributed by atoms with van der Waals surface area (Å²) < 4.78 is 0. The maximum absolute atomic E-state index is 10.0. The number of guanidine groups is 1. The Kier molecular flexibility index (Phi) is 3.97. The first-order valence-corrected chi connectivity index (χ1v) is 1.89. The van der Waals surface area contributed by atoms with Crippen LogP contribution in [-0.2, 0) is 0 Å². The molecule has 1 heterocycles. The van der Waals surface area contributed by atoms with Crippen LogP contribution in [0.2, 0.25) is 0 Å². The zero-order valence-corrected chi connectivity index (χ0v) is 8.14. The summed E-state index contributed by atoms with van der Waals surface area (Å²) in [5.41, 5.74) is 0. The molecule has 0 radical (unpaired) electrons. The largest absolute Gasteiger partial charge is 1.00 e. The van der Waals surface area contributed by atoms with E-state index in [0.717, 1.165) is 0 Å². The van der Waals surface area contributed by atoms with Gasteiger partial charge in [-0.3, -0.25) is 0 Å². The topological polar surface area (TPSA) is 97.3 Å². The molecule has 0 aliphatic carbocycles. The van der Waals surface area contributed by atoms with Gasteiger partial charge in [0.25, 0.3) is 0 Å². The molecule has 0 aromatic heterocycles. The summed E-state index contributed by atoms with van der Waals surface area (Å²) in [5, 5.41) is 15.3. The molecule has 0 aromatic carbocycles. The van der Waals surface area contributed by atoms with Crippen LogP contribution in [0.1, 0.15) is 1.43 Å². The summed E-state index contributed by atoms with van der Waals surface area (Å²) in [6.07, 6.45) is 0. The van der Waals surface area contributed by atoms with Gasteiger partial charge < -0.3 is 11.5 Å². The Morgan fingerprint density at radius 1 is 1.50 bits per heavy atom. The standard InChI is InChI=1S/C2N4O3.K.H/c7-2-3-1(4-5-2)6(8)9;;/q;+1;-1. The molecule has 10 heavy (non-hydrogen) atoms. The molecule has 0 aromatic rings. The average molecular weight is 168 g/mol. The number of amides is 2. The zero-order valence-electron chi connectivity index (χ0n) is 6.01. The van der Waals surface area contributed by atoms with E-state index in [-0.39, 0.29) is 52.8 Å². The van der Waals surface area contributed by atoms with Crippen LogP contribution in [0.15, 0.2) is 15.2 Å². The average Bonchev–Trinajstić information content (AvgIpc) is 2.14. The molecule has 0 bridgehead atoms. The molecule has 8 heteroatoms. The molecule has 0 N–H and O–H groups in total. The number of nitrogens with zero attached hydrogens (tertiary/aromatic N) is 4. The van der Waals surface area contributed by atoms with Gasteiger partial charge in [0.15, 0.2) is 0 Å². The first-order valence-electron chi connectivity index (χ1n) is 1.89. The summed E-state index contributed by atoms with van der Waals surface area (Å²) in [7, 11) is 0. The third-order valence-corrected chi connectivity index (χ3v) is 0.584. The Balaban J connectivity index is 0. The van der Waals surface area contributed by atoms with Crippen molar-refractivity contribution in [3.63, 3.8) is 0 Å². The minimum atomic E-state index is -0.929. The SMILES string of the molecule is O=C1N=NC([N+](=O)[O-])=N1.[H-].[K+]. The summed E-state index contributed by atoms with van der Waals surface area (Å²) in [6.45, 7) is 0. The van der Waals surface area contributed by atoms with Gasteiger partial charge in [0.2, 0.25) is 0 Å². The Morgan fingerprint density at radius 2 is 2.10 bits per heavy atom. The van der Waals surface area contributed by atoms with Gasteiger partial charge in [-0.2, -0.15) is 0 Å². The van der Waals surface area contributed by atoms with E-state index in [1.54, 1.807) is 0 Å². The first kappa shape index (κ1) is 9.98. The van der Waals surface area contributed by atoms with Gasteiger partial charge in [-0.25, -0.2) is 4.79 Å². The minimum absolute atomic E-state index is 0. The molecule has 0 spiro atoms. The molecular weight excluding hydrogens is 167 g/mol. The van der Waals surface area contributed by atoms with E-state index in [9.17, 15) is 14.9 Å². The molecule has 0 saturated carbocycles. The number of urea groups is 1. The quantitative estimate of drug-likeness (QED) is 0.224. The molecule has 1 aliphatic rings. The third-order valence-electron chi connectivity index (χ3n) is 0.584. The molecule has 48 valence electrons. The molecule has 0 fully saturated rings. The van der Waals surface area contributed by atoms with Crippen LogP contribution in [0.25, 0.3) is 0 Å². The van der Waals surface area contributed by atoms with Crippen molar-refractivity contribution in [3.05, 3.63) is 10.1 Å². The van der Waals surface area contributed by atoms with Crippen LogP contribution >= 0.6 is 0 Å². The van der Waals surface area contributed by atoms with Gasteiger partial charge in [0.1, 0.15) is 0 Å². The first-order chi connectivity index (χ1) is 4.20. The Morgan fingerprint density at radius 3 is 2.30 bits per heavy atom. The van der Waals surface area contributed by atoms with E-state index in [1.807, 2.05) is 0 Å². The van der Waals surface area contributed by atoms with Crippen molar-refractivity contribution in [2.75, 3.05) is 0 Å². The van der Waals surface area contributed by atoms with Crippen LogP contribution in [-0.4, -0.2) is 16.9 Å². The molecule has 1 rings (SSSR count). The smallest absolute Gasteiger partial charge is 1.00 e. The Labute approximate surface area is 98.7 Å². The number of azo groups is 1. The van der Waals surface area contributed by atoms with Crippen LogP contribution in [0.3, 0.4) is 0 Å². The minimum Gasteiger partial charge on any atom is -1.00 e. The van der Waals surface area contributed by atoms with Gasteiger partial charge in [-0.15, -0.1) is 0 Å². The van der Waals surface area contributed by atoms with E-state index >= 15 is 0 Å². The molecular formula is C2HKN4O3. The second-order valence-electron chi connectivity index (χ2n) is 1.15. The van der Waals surface area contributed by atoms with Crippen LogP contribution < -0.4 is 51.4 Å². The van der Waals surface area contributed by atoms with Gasteiger partial charge in [-0.05, 0) is 4.92 Å². The van der Waals surface area contributed by atoms with Gasteiger partial charge in [0, 0.05) is 10.1 Å². The molecule has 7 nitrogen and oxygen atoms in total. The van der Waals surface area contributed by atoms with Crippen molar-refractivity contribution >= 4 is 12.0 Å². The number of carbonyl (C=O) groups excluding carboxylic acids is 1. The van der Waals surface area contributed by atoms with Crippen LogP contribution in [0.5, 0.6) is 0 Å². The van der Waals surface area contributed by atoms with Crippen molar-refractivity contribution in [3.8, 4) is 0 Å². The van der Waals surface area contributed by atoms with Gasteiger partial charge in [0.05, 0.1) is 5.11 Å². The second-order valence-corrected chi connectivity index (χ2v) is 1.15. The number of hydrogen-bond acceptors (Lipinski definition) is 4. The summed E-state index contributed by atoms with van der Waals surface area (Å²) in [4.78, 5) is 21.7. The number of carbonyl (C=O) groups is 1. The third kappa shape index (κ3) is 2.31. The number of aliphatic imine (C=N–C) groups is 1. The van der Waals surface area contributed by atoms with E-state index in [1.165, 1.54) is 0 Å².